The van der Waals surface area contributed by atoms with Gasteiger partial charge < -0.3 is 14.0 Å². The van der Waals surface area contributed by atoms with E-state index in [1.165, 1.54) is 37.5 Å². The van der Waals surface area contributed by atoms with Gasteiger partial charge in [0.2, 0.25) is 6.23 Å². The smallest absolute Gasteiger partial charge is 0.297 e. The standard InChI is InChI=1S/C17H20Cl2N4O8/c1-3-4-9-28-12(2)29-17(31-23(26)27,14-6-5-13(18)10-15(14)19)16(30-22(24)25)21-8-7-20-11-21/h5-8,10-12,16H,3-4,9H2,1-2H3. The number of aromatic nitrogens is 2. The van der Waals surface area contributed by atoms with E-state index in [9.17, 15) is 20.2 Å². The van der Waals surface area contributed by atoms with E-state index < -0.39 is 28.5 Å². The molecule has 14 heteroatoms. The van der Waals surface area contributed by atoms with Crippen molar-refractivity contribution in [2.75, 3.05) is 6.61 Å². The molecule has 0 aliphatic carbocycles. The molecule has 0 aliphatic rings. The Labute approximate surface area is 186 Å². The molecule has 1 aromatic carbocycles. The molecule has 0 amide bonds. The molecule has 31 heavy (non-hydrogen) atoms. The lowest BCUT2D eigenvalue weighted by molar-refractivity contribution is -0.836. The van der Waals surface area contributed by atoms with Gasteiger partial charge in [-0.2, -0.15) is 0 Å². The summed E-state index contributed by atoms with van der Waals surface area (Å²) >= 11 is 12.2. The molecule has 0 spiro atoms. The van der Waals surface area contributed by atoms with E-state index in [2.05, 4.69) is 4.98 Å². The third-order valence-electron chi connectivity index (χ3n) is 4.01. The van der Waals surface area contributed by atoms with Crippen LogP contribution in [0.25, 0.3) is 0 Å². The Morgan fingerprint density at radius 1 is 1.26 bits per heavy atom. The van der Waals surface area contributed by atoms with Crippen molar-refractivity contribution in [3.05, 3.63) is 72.8 Å². The minimum absolute atomic E-state index is 0.118. The molecule has 2 rings (SSSR count). The summed E-state index contributed by atoms with van der Waals surface area (Å²) in [6.07, 6.45) is 2.25. The van der Waals surface area contributed by atoms with Crippen LogP contribution in [0, 0.1) is 20.2 Å². The molecule has 2 aromatic rings. The lowest BCUT2D eigenvalue weighted by atomic mass is 10.0. The van der Waals surface area contributed by atoms with Gasteiger partial charge in [0.1, 0.15) is 0 Å². The van der Waals surface area contributed by atoms with Gasteiger partial charge in [0.05, 0.1) is 11.3 Å². The van der Waals surface area contributed by atoms with E-state index in [4.69, 9.17) is 42.4 Å². The normalized spacial score (nSPS) is 15.0. The average molecular weight is 479 g/mol. The number of nitrogens with zero attached hydrogens (tertiary/aromatic N) is 4. The number of hydrogen-bond donors (Lipinski definition) is 0. The van der Waals surface area contributed by atoms with Crippen molar-refractivity contribution >= 4 is 23.2 Å². The minimum Gasteiger partial charge on any atom is -0.353 e. The molecular formula is C17H20Cl2N4O8. The summed E-state index contributed by atoms with van der Waals surface area (Å²) < 4.78 is 12.4. The molecule has 0 fully saturated rings. The number of hydrogen-bond acceptors (Lipinski definition) is 9. The van der Waals surface area contributed by atoms with Crippen LogP contribution in [0.5, 0.6) is 0 Å². The second kappa shape index (κ2) is 11.1. The topological polar surface area (TPSA) is 141 Å². The van der Waals surface area contributed by atoms with Crippen molar-refractivity contribution in [2.24, 2.45) is 0 Å². The zero-order chi connectivity index (χ0) is 23.0. The fourth-order valence-corrected chi connectivity index (χ4v) is 3.28. The number of unbranched alkanes of at least 4 members (excludes halogenated alkanes) is 1. The molecule has 1 aromatic heterocycles. The highest BCUT2D eigenvalue weighted by molar-refractivity contribution is 6.35. The summed E-state index contributed by atoms with van der Waals surface area (Å²) in [6, 6.07) is 3.92. The molecule has 0 aliphatic heterocycles. The maximum Gasteiger partial charge on any atom is 0.297 e. The molecule has 0 saturated heterocycles. The van der Waals surface area contributed by atoms with E-state index in [-0.39, 0.29) is 22.2 Å². The van der Waals surface area contributed by atoms with Crippen LogP contribution in [0.2, 0.25) is 10.0 Å². The maximum absolute atomic E-state index is 11.5. The van der Waals surface area contributed by atoms with Gasteiger partial charge in [0.15, 0.2) is 6.29 Å². The fourth-order valence-electron chi connectivity index (χ4n) is 2.74. The van der Waals surface area contributed by atoms with Gasteiger partial charge >= 0.3 is 0 Å². The number of rotatable bonds is 13. The average Bonchev–Trinajstić information content (AvgIpc) is 3.19. The van der Waals surface area contributed by atoms with Gasteiger partial charge in [0.25, 0.3) is 16.0 Å². The highest BCUT2D eigenvalue weighted by atomic mass is 35.5. The van der Waals surface area contributed by atoms with E-state index >= 15 is 0 Å². The van der Waals surface area contributed by atoms with Crippen LogP contribution < -0.4 is 0 Å². The first-order chi connectivity index (χ1) is 14.7. The first-order valence-electron chi connectivity index (χ1n) is 9.06. The molecule has 170 valence electrons. The second-order valence-electron chi connectivity index (χ2n) is 6.21. The van der Waals surface area contributed by atoms with Crippen LogP contribution in [-0.4, -0.2) is 32.6 Å². The summed E-state index contributed by atoms with van der Waals surface area (Å²) in [5, 5.41) is 20.6. The van der Waals surface area contributed by atoms with Crippen LogP contribution in [0.1, 0.15) is 38.5 Å². The summed E-state index contributed by atoms with van der Waals surface area (Å²) in [7, 11) is 0. The first kappa shape index (κ1) is 24.6. The summed E-state index contributed by atoms with van der Waals surface area (Å²) in [5.74, 6) is -2.56. The largest absolute Gasteiger partial charge is 0.353 e. The van der Waals surface area contributed by atoms with Gasteiger partial charge in [-0.15, -0.1) is 20.2 Å². The Kier molecular flexibility index (Phi) is 8.80. The van der Waals surface area contributed by atoms with Crippen molar-refractivity contribution in [3.8, 4) is 0 Å². The summed E-state index contributed by atoms with van der Waals surface area (Å²) in [5.41, 5.74) is -0.151. The molecule has 0 bridgehead atoms. The third-order valence-corrected chi connectivity index (χ3v) is 4.56. The highest BCUT2D eigenvalue weighted by Crippen LogP contribution is 2.44. The van der Waals surface area contributed by atoms with Crippen LogP contribution >= 0.6 is 23.2 Å². The highest BCUT2D eigenvalue weighted by Gasteiger charge is 2.52. The Bertz CT molecular complexity index is 885. The Morgan fingerprint density at radius 2 is 2.00 bits per heavy atom. The molecule has 3 unspecified atom stereocenters. The number of halogens is 2. The molecule has 0 N–H and O–H groups in total. The van der Waals surface area contributed by atoms with E-state index in [1.54, 1.807) is 0 Å². The van der Waals surface area contributed by atoms with Crippen molar-refractivity contribution in [3.63, 3.8) is 0 Å². The first-order valence-corrected chi connectivity index (χ1v) is 9.82. The summed E-state index contributed by atoms with van der Waals surface area (Å²) in [4.78, 5) is 36.3. The second-order valence-corrected chi connectivity index (χ2v) is 7.05. The Balaban J connectivity index is 2.67. The monoisotopic (exact) mass is 478 g/mol. The Morgan fingerprint density at radius 3 is 2.55 bits per heavy atom. The predicted octanol–water partition coefficient (Wildman–Crippen LogP) is 4.14. The van der Waals surface area contributed by atoms with Crippen LogP contribution in [0.15, 0.2) is 36.9 Å². The lowest BCUT2D eigenvalue weighted by Crippen LogP contribution is -2.47. The van der Waals surface area contributed by atoms with Gasteiger partial charge in [-0.1, -0.05) is 42.6 Å². The maximum atomic E-state index is 11.5. The molecule has 12 nitrogen and oxygen atoms in total. The number of ether oxygens (including phenoxy) is 2. The SMILES string of the molecule is CCCCOC(C)OC(O[N+](=O)[O-])(c1ccc(Cl)cc1Cl)C(O[N+](=O)[O-])n1ccnc1. The zero-order valence-corrected chi connectivity index (χ0v) is 18.1. The van der Waals surface area contributed by atoms with Crippen LogP contribution in [-0.2, 0) is 24.9 Å². The number of benzene rings is 1. The van der Waals surface area contributed by atoms with Crippen molar-refractivity contribution < 1.29 is 29.3 Å². The van der Waals surface area contributed by atoms with Gasteiger partial charge in [0, 0.05) is 29.6 Å². The molecule has 0 saturated carbocycles. The third kappa shape index (κ3) is 6.40. The summed E-state index contributed by atoms with van der Waals surface area (Å²) in [6.45, 7) is 3.67. The fraction of sp³-hybridized carbons (Fsp3) is 0.471. The van der Waals surface area contributed by atoms with Crippen molar-refractivity contribution in [1.82, 2.24) is 9.55 Å². The van der Waals surface area contributed by atoms with Gasteiger partial charge in [-0.3, -0.25) is 9.68 Å². The minimum atomic E-state index is -2.56. The lowest BCUT2D eigenvalue weighted by Gasteiger charge is -2.39. The molecule has 1 heterocycles. The van der Waals surface area contributed by atoms with E-state index in [1.807, 2.05) is 6.92 Å². The predicted molar refractivity (Wildman–Crippen MR) is 107 cm³/mol. The van der Waals surface area contributed by atoms with Crippen molar-refractivity contribution in [1.29, 1.82) is 0 Å². The van der Waals surface area contributed by atoms with Gasteiger partial charge in [-0.05, 0) is 25.5 Å². The quantitative estimate of drug-likeness (QED) is 0.179. The molecule has 0 radical (unpaired) electrons. The number of imidazole rings is 1. The van der Waals surface area contributed by atoms with E-state index in [0.29, 0.717) is 6.42 Å². The van der Waals surface area contributed by atoms with Crippen LogP contribution in [0.3, 0.4) is 0 Å². The van der Waals surface area contributed by atoms with Crippen molar-refractivity contribution in [2.45, 2.75) is 45.0 Å². The molecular weight excluding hydrogens is 459 g/mol. The van der Waals surface area contributed by atoms with Crippen LogP contribution in [0.4, 0.5) is 0 Å². The zero-order valence-electron chi connectivity index (χ0n) is 16.6. The van der Waals surface area contributed by atoms with Gasteiger partial charge in [-0.25, -0.2) is 4.98 Å². The molecule has 3 atom stereocenters. The Hall–Kier alpha value is -2.67. The van der Waals surface area contributed by atoms with E-state index in [0.717, 1.165) is 17.3 Å².